The minimum absolute atomic E-state index is 0.639. The van der Waals surface area contributed by atoms with Gasteiger partial charge in [-0.1, -0.05) is 0 Å². The van der Waals surface area contributed by atoms with Crippen molar-refractivity contribution in [3.05, 3.63) is 0 Å². The molecule has 2 heteroatoms. The highest BCUT2D eigenvalue weighted by atomic mass is 19.1. The van der Waals surface area contributed by atoms with Gasteiger partial charge in [0.15, 0.2) is 0 Å². The number of hydrogen-bond acceptors (Lipinski definition) is 1. The fourth-order valence-electron chi connectivity index (χ4n) is 0. The molecule has 1 nitrogen and oxygen atoms in total. The van der Waals surface area contributed by atoms with E-state index in [9.17, 15) is 4.39 Å². The standard InChI is InChI=1S/C2H4FN/c3-1-2-4/h2,4H,1H2. The Labute approximate surface area is 24.0 Å². The van der Waals surface area contributed by atoms with E-state index < -0.39 is 6.67 Å². The summed E-state index contributed by atoms with van der Waals surface area (Å²) >= 11 is 0. The maximum atomic E-state index is 10.5. The molecule has 0 amide bonds. The van der Waals surface area contributed by atoms with E-state index in [0.29, 0.717) is 6.21 Å². The van der Waals surface area contributed by atoms with E-state index in [1.165, 1.54) is 0 Å². The summed E-state index contributed by atoms with van der Waals surface area (Å²) in [4.78, 5) is 0. The first-order valence-corrected chi connectivity index (χ1v) is 0.964. The van der Waals surface area contributed by atoms with Crippen molar-refractivity contribution in [3.63, 3.8) is 0 Å². The SMILES string of the molecule is N=CCF. The number of rotatable bonds is 1. The maximum absolute atomic E-state index is 10.5. The van der Waals surface area contributed by atoms with E-state index >= 15 is 0 Å². The largest absolute Gasteiger partial charge is 0.310 e. The summed E-state index contributed by atoms with van der Waals surface area (Å²) in [6.07, 6.45) is 0.708. The number of hydrogen-bond donors (Lipinski definition) is 1. The molecule has 0 heterocycles. The molecule has 0 saturated carbocycles. The van der Waals surface area contributed by atoms with Crippen molar-refractivity contribution >= 4 is 6.21 Å². The second-order valence-electron chi connectivity index (χ2n) is 0.358. The summed E-state index contributed by atoms with van der Waals surface area (Å²) in [6, 6.07) is 0. The zero-order valence-corrected chi connectivity index (χ0v) is 2.16. The lowest BCUT2D eigenvalue weighted by molar-refractivity contribution is 0.586. The van der Waals surface area contributed by atoms with E-state index in [2.05, 4.69) is 0 Å². The molecular formula is C2H4FN. The monoisotopic (exact) mass is 61.0 g/mol. The molecule has 0 saturated heterocycles. The van der Waals surface area contributed by atoms with Crippen molar-refractivity contribution < 1.29 is 4.39 Å². The molecule has 0 bridgehead atoms. The molecule has 0 rings (SSSR count). The summed E-state index contributed by atoms with van der Waals surface area (Å²) in [6.45, 7) is -0.639. The van der Waals surface area contributed by atoms with Gasteiger partial charge in [-0.2, -0.15) is 0 Å². The van der Waals surface area contributed by atoms with Gasteiger partial charge < -0.3 is 5.41 Å². The predicted molar refractivity (Wildman–Crippen MR) is 14.8 cm³/mol. The van der Waals surface area contributed by atoms with Gasteiger partial charge in [0.25, 0.3) is 0 Å². The van der Waals surface area contributed by atoms with Gasteiger partial charge >= 0.3 is 0 Å². The van der Waals surface area contributed by atoms with Crippen LogP contribution in [0.1, 0.15) is 0 Å². The Balaban J connectivity index is 2.30. The molecule has 24 valence electrons. The van der Waals surface area contributed by atoms with Crippen LogP contribution >= 0.6 is 0 Å². The zero-order valence-electron chi connectivity index (χ0n) is 2.16. The Kier molecular flexibility index (Phi) is 2.34. The van der Waals surface area contributed by atoms with Gasteiger partial charge in [-0.3, -0.25) is 0 Å². The molecule has 0 aliphatic carbocycles. The summed E-state index contributed by atoms with van der Waals surface area (Å²) in [5.74, 6) is 0. The molecule has 0 fully saturated rings. The van der Waals surface area contributed by atoms with Crippen molar-refractivity contribution in [3.8, 4) is 0 Å². The van der Waals surface area contributed by atoms with Gasteiger partial charge in [0.2, 0.25) is 0 Å². The van der Waals surface area contributed by atoms with Gasteiger partial charge in [0.05, 0.1) is 0 Å². The number of halogens is 1. The lowest BCUT2D eigenvalue weighted by Gasteiger charge is -1.53. The first-order chi connectivity index (χ1) is 1.91. The third-order valence-electron chi connectivity index (χ3n) is 0.0772. The molecule has 0 spiro atoms. The molecule has 4 heavy (non-hydrogen) atoms. The molecule has 0 unspecified atom stereocenters. The van der Waals surface area contributed by atoms with Crippen LogP contribution in [0.3, 0.4) is 0 Å². The van der Waals surface area contributed by atoms with Gasteiger partial charge in [-0.15, -0.1) is 0 Å². The zero-order chi connectivity index (χ0) is 3.41. The average Bonchev–Trinajstić information content (AvgIpc) is 1.37. The molecule has 0 aliphatic heterocycles. The van der Waals surface area contributed by atoms with E-state index in [-0.39, 0.29) is 0 Å². The summed E-state index contributed by atoms with van der Waals surface area (Å²) < 4.78 is 10.5. The highest BCUT2D eigenvalue weighted by Gasteiger charge is 1.52. The molecule has 0 aromatic carbocycles. The third-order valence-corrected chi connectivity index (χ3v) is 0.0772. The Bertz CT molecular complexity index is 20.0. The molecule has 0 aromatic heterocycles. The van der Waals surface area contributed by atoms with Crippen LogP contribution in [0.4, 0.5) is 4.39 Å². The van der Waals surface area contributed by atoms with Crippen molar-refractivity contribution in [1.82, 2.24) is 0 Å². The van der Waals surface area contributed by atoms with Crippen molar-refractivity contribution in [2.45, 2.75) is 0 Å². The minimum Gasteiger partial charge on any atom is -0.310 e. The van der Waals surface area contributed by atoms with Crippen LogP contribution in [-0.2, 0) is 0 Å². The fourth-order valence-corrected chi connectivity index (χ4v) is 0. The van der Waals surface area contributed by atoms with Crippen LogP contribution in [0.5, 0.6) is 0 Å². The average molecular weight is 61.1 g/mol. The van der Waals surface area contributed by atoms with Crippen LogP contribution in [-0.4, -0.2) is 12.9 Å². The Morgan fingerprint density at radius 1 is 2.00 bits per heavy atom. The van der Waals surface area contributed by atoms with Crippen molar-refractivity contribution in [2.75, 3.05) is 6.67 Å². The van der Waals surface area contributed by atoms with Gasteiger partial charge in [0, 0.05) is 6.21 Å². The highest BCUT2D eigenvalue weighted by molar-refractivity contribution is 5.53. The Morgan fingerprint density at radius 2 is 2.25 bits per heavy atom. The smallest absolute Gasteiger partial charge is 0.124 e. The lowest BCUT2D eigenvalue weighted by atomic mass is 10.9. The number of alkyl halides is 1. The van der Waals surface area contributed by atoms with Crippen molar-refractivity contribution in [2.24, 2.45) is 0 Å². The number of nitrogens with one attached hydrogen (secondary N) is 1. The van der Waals surface area contributed by atoms with Crippen LogP contribution in [0.15, 0.2) is 0 Å². The third kappa shape index (κ3) is 1.60. The summed E-state index contributed by atoms with van der Waals surface area (Å²) in [5, 5.41) is 5.95. The first-order valence-electron chi connectivity index (χ1n) is 0.964. The van der Waals surface area contributed by atoms with E-state index in [0.717, 1.165) is 0 Å². The topological polar surface area (TPSA) is 23.9 Å². The molecule has 1 N–H and O–H groups in total. The molecule has 0 atom stereocenters. The second-order valence-corrected chi connectivity index (χ2v) is 0.358. The highest BCUT2D eigenvalue weighted by Crippen LogP contribution is 1.47. The second kappa shape index (κ2) is 2.60. The predicted octanol–water partition coefficient (Wildman–Crippen LogP) is 0.605. The first kappa shape index (κ1) is 3.60. The van der Waals surface area contributed by atoms with E-state index in [1.807, 2.05) is 0 Å². The molecular weight excluding hydrogens is 57.0 g/mol. The van der Waals surface area contributed by atoms with Crippen molar-refractivity contribution in [1.29, 1.82) is 5.41 Å². The summed E-state index contributed by atoms with van der Waals surface area (Å²) in [7, 11) is 0. The lowest BCUT2D eigenvalue weighted by Crippen LogP contribution is -1.63. The Morgan fingerprint density at radius 3 is 2.25 bits per heavy atom. The molecule has 0 radical (unpaired) electrons. The van der Waals surface area contributed by atoms with Crippen LogP contribution in [0, 0.1) is 5.41 Å². The summed E-state index contributed by atoms with van der Waals surface area (Å²) in [5.41, 5.74) is 0. The van der Waals surface area contributed by atoms with Crippen LogP contribution in [0.25, 0.3) is 0 Å². The van der Waals surface area contributed by atoms with Crippen LogP contribution in [0.2, 0.25) is 0 Å². The quantitative estimate of drug-likeness (QED) is 0.429. The normalized spacial score (nSPS) is 6.25. The van der Waals surface area contributed by atoms with E-state index in [4.69, 9.17) is 5.41 Å². The van der Waals surface area contributed by atoms with Gasteiger partial charge in [-0.05, 0) is 0 Å². The van der Waals surface area contributed by atoms with Gasteiger partial charge in [-0.25, -0.2) is 4.39 Å². The minimum atomic E-state index is -0.639. The molecule has 0 aliphatic rings. The van der Waals surface area contributed by atoms with E-state index in [1.54, 1.807) is 0 Å². The fraction of sp³-hybridized carbons (Fsp3) is 0.500. The van der Waals surface area contributed by atoms with Gasteiger partial charge in [0.1, 0.15) is 6.67 Å². The van der Waals surface area contributed by atoms with Crippen LogP contribution < -0.4 is 0 Å². The maximum Gasteiger partial charge on any atom is 0.124 e. The Hall–Kier alpha value is -0.400. The molecule has 0 aromatic rings.